The van der Waals surface area contributed by atoms with Crippen molar-refractivity contribution in [1.29, 1.82) is 0 Å². The quantitative estimate of drug-likeness (QED) is 0.769. The van der Waals surface area contributed by atoms with Crippen LogP contribution in [0.2, 0.25) is 0 Å². The molecule has 0 fully saturated rings. The van der Waals surface area contributed by atoms with Crippen molar-refractivity contribution < 1.29 is 19.4 Å². The second-order valence-corrected chi connectivity index (χ2v) is 3.83. The topological polar surface area (TPSA) is 63.6 Å². The van der Waals surface area contributed by atoms with Gasteiger partial charge in [-0.15, -0.1) is 0 Å². The molecule has 1 aliphatic rings. The molecule has 0 spiro atoms. The summed E-state index contributed by atoms with van der Waals surface area (Å²) in [5.41, 5.74) is 2.06. The molecule has 0 radical (unpaired) electrons. The number of aromatic carboxylic acids is 1. The number of carboxylic acid groups (broad SMARTS) is 1. The molecule has 0 heterocycles. The Morgan fingerprint density at radius 2 is 2.19 bits per heavy atom. The number of carbonyl (C=O) groups is 2. The van der Waals surface area contributed by atoms with Gasteiger partial charge in [-0.1, -0.05) is 6.07 Å². The number of fused-ring (bicyclic) bond motifs is 1. The summed E-state index contributed by atoms with van der Waals surface area (Å²) in [6.45, 7) is 0. The summed E-state index contributed by atoms with van der Waals surface area (Å²) in [5.74, 6) is -1.57. The molecule has 1 N–H and O–H groups in total. The molecule has 1 unspecified atom stereocenters. The van der Waals surface area contributed by atoms with E-state index >= 15 is 0 Å². The molecular weight excluding hydrogens is 208 g/mol. The molecule has 2 rings (SSSR count). The summed E-state index contributed by atoms with van der Waals surface area (Å²) in [4.78, 5) is 22.3. The van der Waals surface area contributed by atoms with E-state index in [1.54, 1.807) is 18.2 Å². The van der Waals surface area contributed by atoms with E-state index in [0.717, 1.165) is 17.5 Å². The van der Waals surface area contributed by atoms with Gasteiger partial charge in [-0.3, -0.25) is 4.79 Å². The number of methoxy groups -OCH3 is 1. The molecule has 1 aromatic rings. The van der Waals surface area contributed by atoms with Gasteiger partial charge >= 0.3 is 11.9 Å². The second-order valence-electron chi connectivity index (χ2n) is 3.83. The van der Waals surface area contributed by atoms with Gasteiger partial charge in [-0.2, -0.15) is 0 Å². The van der Waals surface area contributed by atoms with Crippen LogP contribution >= 0.6 is 0 Å². The van der Waals surface area contributed by atoms with Crippen LogP contribution in [0.3, 0.4) is 0 Å². The third-order valence-corrected chi connectivity index (χ3v) is 2.96. The molecule has 4 nitrogen and oxygen atoms in total. The first-order valence-corrected chi connectivity index (χ1v) is 5.07. The number of rotatable bonds is 2. The Bertz CT molecular complexity index is 450. The van der Waals surface area contributed by atoms with Gasteiger partial charge in [0.25, 0.3) is 0 Å². The minimum atomic E-state index is -0.974. The van der Waals surface area contributed by atoms with Gasteiger partial charge in [0.2, 0.25) is 0 Å². The maximum absolute atomic E-state index is 11.5. The smallest absolute Gasteiger partial charge is 0.335 e. The zero-order valence-corrected chi connectivity index (χ0v) is 8.90. The number of hydrogen-bond acceptors (Lipinski definition) is 3. The van der Waals surface area contributed by atoms with Crippen molar-refractivity contribution in [3.63, 3.8) is 0 Å². The molecule has 4 heteroatoms. The Hall–Kier alpha value is -1.84. The number of ether oxygens (including phenoxy) is 1. The van der Waals surface area contributed by atoms with Crippen LogP contribution in [0.1, 0.15) is 33.8 Å². The van der Waals surface area contributed by atoms with Gasteiger partial charge in [-0.05, 0) is 36.1 Å². The average molecular weight is 220 g/mol. The molecule has 0 saturated heterocycles. The van der Waals surface area contributed by atoms with E-state index in [1.807, 2.05) is 0 Å². The maximum atomic E-state index is 11.5. The molecule has 0 aromatic heterocycles. The number of carbonyl (C=O) groups excluding carboxylic acids is 1. The van der Waals surface area contributed by atoms with Crippen molar-refractivity contribution in [2.45, 2.75) is 18.8 Å². The Kier molecular flexibility index (Phi) is 2.64. The molecule has 0 aliphatic heterocycles. The van der Waals surface area contributed by atoms with Crippen LogP contribution in [0.25, 0.3) is 0 Å². The molecule has 0 amide bonds. The highest BCUT2D eigenvalue weighted by Gasteiger charge is 2.29. The first-order chi connectivity index (χ1) is 7.63. The van der Waals surface area contributed by atoms with Gasteiger partial charge in [0, 0.05) is 0 Å². The fourth-order valence-corrected chi connectivity index (χ4v) is 2.12. The van der Waals surface area contributed by atoms with Crippen LogP contribution in [0.15, 0.2) is 18.2 Å². The van der Waals surface area contributed by atoms with Gasteiger partial charge in [0.15, 0.2) is 0 Å². The van der Waals surface area contributed by atoms with Gasteiger partial charge in [0.05, 0.1) is 18.6 Å². The lowest BCUT2D eigenvalue weighted by Gasteiger charge is -2.09. The summed E-state index contributed by atoms with van der Waals surface area (Å²) >= 11 is 0. The number of esters is 1. The summed E-state index contributed by atoms with van der Waals surface area (Å²) in [6.07, 6.45) is 1.50. The zero-order valence-electron chi connectivity index (χ0n) is 8.90. The maximum Gasteiger partial charge on any atom is 0.335 e. The van der Waals surface area contributed by atoms with Crippen LogP contribution in [0.5, 0.6) is 0 Å². The van der Waals surface area contributed by atoms with Crippen molar-refractivity contribution in [2.24, 2.45) is 0 Å². The molecule has 84 valence electrons. The van der Waals surface area contributed by atoms with Crippen molar-refractivity contribution in [2.75, 3.05) is 7.11 Å². The molecule has 0 saturated carbocycles. The molecule has 0 bridgehead atoms. The minimum absolute atomic E-state index is 0.217. The van der Waals surface area contributed by atoms with E-state index in [9.17, 15) is 9.59 Å². The van der Waals surface area contributed by atoms with Crippen LogP contribution in [0.4, 0.5) is 0 Å². The van der Waals surface area contributed by atoms with E-state index in [2.05, 4.69) is 0 Å². The number of hydrogen-bond donors (Lipinski definition) is 1. The highest BCUT2D eigenvalue weighted by atomic mass is 16.5. The second kappa shape index (κ2) is 3.96. The summed E-state index contributed by atoms with van der Waals surface area (Å²) in [5, 5.41) is 8.88. The summed E-state index contributed by atoms with van der Waals surface area (Å²) in [7, 11) is 1.35. The lowest BCUT2D eigenvalue weighted by Crippen LogP contribution is -2.11. The fraction of sp³-hybridized carbons (Fsp3) is 0.333. The fourth-order valence-electron chi connectivity index (χ4n) is 2.12. The minimum Gasteiger partial charge on any atom is -0.478 e. The van der Waals surface area contributed by atoms with E-state index in [1.165, 1.54) is 7.11 Å². The highest BCUT2D eigenvalue weighted by Crippen LogP contribution is 2.34. The normalized spacial score (nSPS) is 17.9. The lowest BCUT2D eigenvalue weighted by atomic mass is 9.99. The van der Waals surface area contributed by atoms with Crippen molar-refractivity contribution >= 4 is 11.9 Å². The van der Waals surface area contributed by atoms with E-state index < -0.39 is 5.97 Å². The number of carboxylic acids is 1. The number of benzene rings is 1. The van der Waals surface area contributed by atoms with Crippen LogP contribution in [-0.4, -0.2) is 24.2 Å². The van der Waals surface area contributed by atoms with E-state index in [-0.39, 0.29) is 17.5 Å². The first-order valence-electron chi connectivity index (χ1n) is 5.07. The van der Waals surface area contributed by atoms with Crippen molar-refractivity contribution in [3.05, 3.63) is 34.9 Å². The summed E-state index contributed by atoms with van der Waals surface area (Å²) < 4.78 is 4.70. The predicted octanol–water partition coefficient (Wildman–Crippen LogP) is 1.59. The van der Waals surface area contributed by atoms with E-state index in [0.29, 0.717) is 6.42 Å². The highest BCUT2D eigenvalue weighted by molar-refractivity contribution is 5.89. The average Bonchev–Trinajstić information content (AvgIpc) is 2.70. The van der Waals surface area contributed by atoms with Crippen LogP contribution in [-0.2, 0) is 16.0 Å². The Labute approximate surface area is 92.8 Å². The van der Waals surface area contributed by atoms with E-state index in [4.69, 9.17) is 9.84 Å². The molecular formula is C12H12O4. The SMILES string of the molecule is COC(=O)C1CCc2ccc(C(=O)O)cc21. The molecule has 1 aliphatic carbocycles. The molecule has 1 aromatic carbocycles. The van der Waals surface area contributed by atoms with Gasteiger partial charge in [0.1, 0.15) is 0 Å². The Morgan fingerprint density at radius 1 is 1.44 bits per heavy atom. The lowest BCUT2D eigenvalue weighted by molar-refractivity contribution is -0.142. The Morgan fingerprint density at radius 3 is 2.81 bits per heavy atom. The van der Waals surface area contributed by atoms with Crippen molar-refractivity contribution in [3.8, 4) is 0 Å². The van der Waals surface area contributed by atoms with Gasteiger partial charge in [-0.25, -0.2) is 4.79 Å². The third kappa shape index (κ3) is 1.66. The van der Waals surface area contributed by atoms with Crippen LogP contribution < -0.4 is 0 Å². The zero-order chi connectivity index (χ0) is 11.7. The molecule has 16 heavy (non-hydrogen) atoms. The predicted molar refractivity (Wildman–Crippen MR) is 56.5 cm³/mol. The number of aryl methyl sites for hydroxylation is 1. The monoisotopic (exact) mass is 220 g/mol. The Balaban J connectivity index is 2.40. The third-order valence-electron chi connectivity index (χ3n) is 2.96. The van der Waals surface area contributed by atoms with Gasteiger partial charge < -0.3 is 9.84 Å². The van der Waals surface area contributed by atoms with Crippen molar-refractivity contribution in [1.82, 2.24) is 0 Å². The first kappa shape index (κ1) is 10.7. The summed E-state index contributed by atoms with van der Waals surface area (Å²) in [6, 6.07) is 4.93. The standard InChI is InChI=1S/C12H12O4/c1-16-12(15)9-5-4-7-2-3-8(11(13)14)6-10(7)9/h2-3,6,9H,4-5H2,1H3,(H,13,14). The van der Waals surface area contributed by atoms with Crippen LogP contribution in [0, 0.1) is 0 Å². The molecule has 1 atom stereocenters. The largest absolute Gasteiger partial charge is 0.478 e.